The molecule has 1 atom stereocenters. The summed E-state index contributed by atoms with van der Waals surface area (Å²) in [7, 11) is 0. The maximum absolute atomic E-state index is 12.2. The molecule has 0 aromatic heterocycles. The van der Waals surface area contributed by atoms with Gasteiger partial charge < -0.3 is 15.6 Å². The summed E-state index contributed by atoms with van der Waals surface area (Å²) < 4.78 is 5.25. The smallest absolute Gasteiger partial charge is 0.338 e. The number of ether oxygens (including phenoxy) is 1. The molecular formula is C18H16INO4. The molecule has 0 bridgehead atoms. The quantitative estimate of drug-likeness (QED) is 0.325. The standard InChI is InChI=1S/C18H16INO4/c19-10-18(20,16(21)22)17(23)24-9-15-13-7-3-1-5-11(13)12-6-2-4-8-14(12)15/h1-8,15H,9-10,20H2,(H,21,22). The Morgan fingerprint density at radius 2 is 1.58 bits per heavy atom. The van der Waals surface area contributed by atoms with Crippen molar-refractivity contribution in [2.75, 3.05) is 11.0 Å². The Hall–Kier alpha value is -1.93. The number of carbonyl (C=O) groups excluding carboxylic acids is 1. The molecule has 24 heavy (non-hydrogen) atoms. The molecule has 6 heteroatoms. The summed E-state index contributed by atoms with van der Waals surface area (Å²) in [4.78, 5) is 23.4. The zero-order valence-electron chi connectivity index (χ0n) is 12.7. The number of halogens is 1. The van der Waals surface area contributed by atoms with Crippen LogP contribution in [0, 0.1) is 0 Å². The molecule has 0 radical (unpaired) electrons. The fourth-order valence-electron chi connectivity index (χ4n) is 2.93. The molecule has 2 aromatic rings. The van der Waals surface area contributed by atoms with Gasteiger partial charge in [0.25, 0.3) is 0 Å². The van der Waals surface area contributed by atoms with E-state index in [0.717, 1.165) is 22.3 Å². The first-order valence-corrected chi connectivity index (χ1v) is 8.95. The van der Waals surface area contributed by atoms with E-state index in [1.54, 1.807) is 22.6 Å². The Balaban J connectivity index is 1.86. The van der Waals surface area contributed by atoms with Gasteiger partial charge in [-0.25, -0.2) is 9.59 Å². The molecule has 3 N–H and O–H groups in total. The first-order valence-electron chi connectivity index (χ1n) is 7.42. The normalized spacial score (nSPS) is 15.2. The molecule has 0 saturated carbocycles. The number of aliphatic carboxylic acids is 1. The van der Waals surface area contributed by atoms with Crippen LogP contribution in [0.1, 0.15) is 17.0 Å². The van der Waals surface area contributed by atoms with Crippen LogP contribution in [-0.2, 0) is 14.3 Å². The van der Waals surface area contributed by atoms with Crippen molar-refractivity contribution in [3.8, 4) is 11.1 Å². The molecule has 0 heterocycles. The zero-order valence-corrected chi connectivity index (χ0v) is 14.9. The van der Waals surface area contributed by atoms with Crippen LogP contribution in [0.25, 0.3) is 11.1 Å². The van der Waals surface area contributed by atoms with E-state index in [-0.39, 0.29) is 17.0 Å². The summed E-state index contributed by atoms with van der Waals surface area (Å²) in [6.45, 7) is 0.0652. The molecule has 0 fully saturated rings. The fourth-order valence-corrected chi connectivity index (χ4v) is 3.56. The number of alkyl halides is 1. The van der Waals surface area contributed by atoms with Crippen LogP contribution in [-0.4, -0.2) is 33.6 Å². The van der Waals surface area contributed by atoms with Crippen molar-refractivity contribution in [2.45, 2.75) is 11.5 Å². The van der Waals surface area contributed by atoms with Crippen molar-refractivity contribution in [1.29, 1.82) is 0 Å². The van der Waals surface area contributed by atoms with E-state index in [1.807, 2.05) is 48.5 Å². The van der Waals surface area contributed by atoms with Crippen molar-refractivity contribution in [3.63, 3.8) is 0 Å². The summed E-state index contributed by atoms with van der Waals surface area (Å²) in [5.41, 5.74) is 8.02. The van der Waals surface area contributed by atoms with Gasteiger partial charge in [-0.2, -0.15) is 0 Å². The molecule has 1 unspecified atom stereocenters. The van der Waals surface area contributed by atoms with E-state index in [1.165, 1.54) is 0 Å². The Morgan fingerprint density at radius 3 is 2.04 bits per heavy atom. The van der Waals surface area contributed by atoms with Gasteiger partial charge in [-0.15, -0.1) is 0 Å². The monoisotopic (exact) mass is 437 g/mol. The van der Waals surface area contributed by atoms with E-state index in [2.05, 4.69) is 0 Å². The Kier molecular flexibility index (Phi) is 4.60. The number of carbonyl (C=O) groups is 2. The van der Waals surface area contributed by atoms with Gasteiger partial charge >= 0.3 is 11.9 Å². The summed E-state index contributed by atoms with van der Waals surface area (Å²) in [6.07, 6.45) is 0. The second-order valence-electron chi connectivity index (χ2n) is 5.74. The van der Waals surface area contributed by atoms with Crippen molar-refractivity contribution in [3.05, 3.63) is 59.7 Å². The molecular weight excluding hydrogens is 421 g/mol. The molecule has 1 aliphatic rings. The molecule has 0 aliphatic heterocycles. The number of benzene rings is 2. The number of esters is 1. The maximum atomic E-state index is 12.2. The average Bonchev–Trinajstić information content (AvgIpc) is 2.92. The first kappa shape index (κ1) is 16.9. The summed E-state index contributed by atoms with van der Waals surface area (Å²) >= 11 is 1.78. The number of hydrogen-bond donors (Lipinski definition) is 2. The van der Waals surface area contributed by atoms with Crippen molar-refractivity contribution in [2.24, 2.45) is 5.73 Å². The predicted molar refractivity (Wildman–Crippen MR) is 98.1 cm³/mol. The number of rotatable bonds is 5. The topological polar surface area (TPSA) is 89.6 Å². The average molecular weight is 437 g/mol. The van der Waals surface area contributed by atoms with Crippen molar-refractivity contribution >= 4 is 34.5 Å². The summed E-state index contributed by atoms with van der Waals surface area (Å²) in [5, 5.41) is 9.18. The van der Waals surface area contributed by atoms with Crippen molar-refractivity contribution in [1.82, 2.24) is 0 Å². The number of carboxylic acids is 1. The molecule has 1 aliphatic carbocycles. The highest BCUT2D eigenvalue weighted by Crippen LogP contribution is 2.44. The highest BCUT2D eigenvalue weighted by Gasteiger charge is 2.43. The first-order chi connectivity index (χ1) is 11.5. The van der Waals surface area contributed by atoms with E-state index in [9.17, 15) is 14.7 Å². The lowest BCUT2D eigenvalue weighted by Crippen LogP contribution is -2.57. The minimum Gasteiger partial charge on any atom is -0.479 e. The van der Waals surface area contributed by atoms with Gasteiger partial charge in [-0.1, -0.05) is 71.1 Å². The van der Waals surface area contributed by atoms with Crippen LogP contribution in [0.5, 0.6) is 0 Å². The number of nitrogens with two attached hydrogens (primary N) is 1. The van der Waals surface area contributed by atoms with E-state index in [0.29, 0.717) is 0 Å². The third kappa shape index (κ3) is 2.69. The summed E-state index contributed by atoms with van der Waals surface area (Å²) in [5.74, 6) is -2.41. The van der Waals surface area contributed by atoms with E-state index < -0.39 is 17.5 Å². The SMILES string of the molecule is NC(CI)(C(=O)O)C(=O)OCC1c2ccccc2-c2ccccc21. The predicted octanol–water partition coefficient (Wildman–Crippen LogP) is 2.56. The lowest BCUT2D eigenvalue weighted by molar-refractivity contribution is -0.159. The van der Waals surface area contributed by atoms with Gasteiger partial charge in [0.05, 0.1) is 0 Å². The number of carboxylic acid groups (broad SMARTS) is 1. The highest BCUT2D eigenvalue weighted by molar-refractivity contribution is 14.1. The molecule has 3 rings (SSSR count). The Labute approximate surface area is 153 Å². The van der Waals surface area contributed by atoms with Crippen LogP contribution in [0.4, 0.5) is 0 Å². The Morgan fingerprint density at radius 1 is 1.08 bits per heavy atom. The van der Waals surface area contributed by atoms with Crippen molar-refractivity contribution < 1.29 is 19.4 Å². The van der Waals surface area contributed by atoms with Crippen LogP contribution < -0.4 is 5.73 Å². The van der Waals surface area contributed by atoms with Crippen LogP contribution in [0.15, 0.2) is 48.5 Å². The van der Waals surface area contributed by atoms with Crippen LogP contribution in [0.2, 0.25) is 0 Å². The minimum absolute atomic E-state index is 0.0588. The third-order valence-corrected chi connectivity index (χ3v) is 5.50. The lowest BCUT2D eigenvalue weighted by atomic mass is 9.98. The van der Waals surface area contributed by atoms with Gasteiger partial charge in [0.1, 0.15) is 6.61 Å². The van der Waals surface area contributed by atoms with E-state index in [4.69, 9.17) is 10.5 Å². The molecule has 124 valence electrons. The fraction of sp³-hybridized carbons (Fsp3) is 0.222. The maximum Gasteiger partial charge on any atom is 0.338 e. The summed E-state index contributed by atoms with van der Waals surface area (Å²) in [6, 6.07) is 15.9. The van der Waals surface area contributed by atoms with Crippen LogP contribution >= 0.6 is 22.6 Å². The lowest BCUT2D eigenvalue weighted by Gasteiger charge is -2.22. The second-order valence-corrected chi connectivity index (χ2v) is 6.50. The van der Waals surface area contributed by atoms with Gasteiger partial charge in [0.2, 0.25) is 5.54 Å². The van der Waals surface area contributed by atoms with E-state index >= 15 is 0 Å². The Bertz CT molecular complexity index is 762. The largest absolute Gasteiger partial charge is 0.479 e. The molecule has 2 aromatic carbocycles. The molecule has 0 saturated heterocycles. The minimum atomic E-state index is -2.02. The number of hydrogen-bond acceptors (Lipinski definition) is 4. The third-order valence-electron chi connectivity index (χ3n) is 4.30. The van der Waals surface area contributed by atoms with Gasteiger partial charge in [-0.05, 0) is 22.3 Å². The van der Waals surface area contributed by atoms with Gasteiger partial charge in [0.15, 0.2) is 0 Å². The molecule has 5 nitrogen and oxygen atoms in total. The van der Waals surface area contributed by atoms with Gasteiger partial charge in [-0.3, -0.25) is 0 Å². The second kappa shape index (κ2) is 6.52. The zero-order chi connectivity index (χ0) is 17.3. The molecule has 0 amide bonds. The highest BCUT2D eigenvalue weighted by atomic mass is 127. The number of fused-ring (bicyclic) bond motifs is 3. The molecule has 0 spiro atoms. The van der Waals surface area contributed by atoms with Gasteiger partial charge in [0, 0.05) is 10.3 Å². The van der Waals surface area contributed by atoms with Crippen LogP contribution in [0.3, 0.4) is 0 Å².